The van der Waals surface area contributed by atoms with Crippen LogP contribution in [-0.2, 0) is 115 Å². The van der Waals surface area contributed by atoms with E-state index in [1.807, 2.05) is 34.8 Å². The number of primary amides is 3. The molecule has 0 aliphatic carbocycles. The number of nitrogens with two attached hydrogens (primary N) is 3. The second-order valence-corrected chi connectivity index (χ2v) is 36.9. The first-order chi connectivity index (χ1) is 51.2. The summed E-state index contributed by atoms with van der Waals surface area (Å²) in [6, 6.07) is 9.89. The topological polar surface area (TPSA) is 373 Å². The number of benzene rings is 3. The molecular formula is C78H105N24O7P. The van der Waals surface area contributed by atoms with E-state index in [1.165, 1.54) is 14.0 Å². The van der Waals surface area contributed by atoms with Crippen LogP contribution >= 0.6 is 7.82 Å². The average Bonchev–Trinajstić information content (AvgIpc) is 1.60. The molecule has 0 atom stereocenters. The summed E-state index contributed by atoms with van der Waals surface area (Å²) in [7, 11) is 0.0633. The van der Waals surface area contributed by atoms with Gasteiger partial charge in [0, 0.05) is 107 Å². The van der Waals surface area contributed by atoms with Crippen molar-refractivity contribution in [1.82, 2.24) is 103 Å². The van der Waals surface area contributed by atoms with Crippen LogP contribution in [0, 0.1) is 16.2 Å². The molecule has 0 fully saturated rings. The van der Waals surface area contributed by atoms with Gasteiger partial charge in [0.25, 0.3) is 0 Å². The summed E-state index contributed by atoms with van der Waals surface area (Å²) in [5.41, 5.74) is 26.5. The van der Waals surface area contributed by atoms with Gasteiger partial charge in [0.1, 0.15) is 17.1 Å². The molecule has 110 heavy (non-hydrogen) atoms. The Hall–Kier alpha value is -10.4. The van der Waals surface area contributed by atoms with Gasteiger partial charge in [0.2, 0.25) is 17.7 Å². The Morgan fingerprint density at radius 1 is 0.382 bits per heavy atom. The Morgan fingerprint density at radius 3 is 0.836 bits per heavy atom. The lowest BCUT2D eigenvalue weighted by Gasteiger charge is -2.25. The normalized spacial score (nSPS) is 13.1. The fraction of sp³-hybridized carbons (Fsp3) is 0.500. The smallest absolute Gasteiger partial charge is 0.366 e. The molecule has 0 aliphatic heterocycles. The van der Waals surface area contributed by atoms with Crippen LogP contribution < -0.4 is 17.2 Å². The van der Waals surface area contributed by atoms with Crippen molar-refractivity contribution in [3.8, 4) is 68.7 Å². The molecular weight excluding hydrogens is 1420 g/mol. The minimum atomic E-state index is -5.22. The molecule has 0 bridgehead atoms. The van der Waals surface area contributed by atoms with Gasteiger partial charge in [-0.25, -0.2) is 33.6 Å². The second-order valence-electron chi connectivity index (χ2n) is 35.2. The predicted octanol–water partition coefficient (Wildman–Crippen LogP) is 13.2. The van der Waals surface area contributed by atoms with Crippen molar-refractivity contribution in [1.29, 1.82) is 0 Å². The van der Waals surface area contributed by atoms with E-state index in [1.54, 1.807) is 90.2 Å². The third kappa shape index (κ3) is 15.6. The van der Waals surface area contributed by atoms with E-state index in [0.29, 0.717) is 105 Å². The zero-order valence-corrected chi connectivity index (χ0v) is 68.9. The maximum absolute atomic E-state index is 17.2. The molecule has 12 rings (SSSR count). The molecule has 0 aliphatic rings. The van der Waals surface area contributed by atoms with Crippen LogP contribution in [0.2, 0.25) is 0 Å². The van der Waals surface area contributed by atoms with E-state index < -0.39 is 62.0 Å². The highest BCUT2D eigenvalue weighted by Crippen LogP contribution is 2.53. The van der Waals surface area contributed by atoms with Crippen LogP contribution in [0.1, 0.15) is 210 Å². The number of carbonyl (C=O) groups is 3. The van der Waals surface area contributed by atoms with Crippen molar-refractivity contribution in [3.63, 3.8) is 0 Å². The number of carbonyl (C=O) groups excluding carboxylic acids is 3. The van der Waals surface area contributed by atoms with Crippen molar-refractivity contribution in [2.75, 3.05) is 0 Å². The lowest BCUT2D eigenvalue weighted by atomic mass is 9.80. The summed E-state index contributed by atoms with van der Waals surface area (Å²) < 4.78 is 53.0. The highest BCUT2D eigenvalue weighted by molar-refractivity contribution is 7.48. The minimum absolute atomic E-state index is 0.148. The van der Waals surface area contributed by atoms with Crippen molar-refractivity contribution in [2.24, 2.45) is 54.6 Å². The molecule has 584 valence electrons. The third-order valence-corrected chi connectivity index (χ3v) is 20.5. The van der Waals surface area contributed by atoms with Gasteiger partial charge in [-0.1, -0.05) is 125 Å². The number of amides is 3. The van der Waals surface area contributed by atoms with E-state index in [-0.39, 0.29) is 67.9 Å². The Balaban J connectivity index is 1.11. The molecule has 31 nitrogen and oxygen atoms in total. The molecule has 3 amide bonds. The molecule has 9 aromatic heterocycles. The lowest BCUT2D eigenvalue weighted by molar-refractivity contribution is 0.0467. The third-order valence-electron chi connectivity index (χ3n) is 19.2. The van der Waals surface area contributed by atoms with Crippen LogP contribution in [0.5, 0.6) is 0 Å². The molecule has 32 heteroatoms. The molecule has 0 spiro atoms. The first kappa shape index (κ1) is 79.2. The summed E-state index contributed by atoms with van der Waals surface area (Å²) in [6.45, 7) is 43.7. The lowest BCUT2D eigenvalue weighted by Crippen LogP contribution is -2.20. The number of fused-ring (bicyclic) bond motifs is 3. The van der Waals surface area contributed by atoms with Gasteiger partial charge in [-0.15, -0.1) is 15.3 Å². The number of hydrogen-bond acceptors (Lipinski definition) is 19. The van der Waals surface area contributed by atoms with Gasteiger partial charge in [0.15, 0.2) is 55.1 Å². The number of aromatic nitrogens is 21. The first-order valence-electron chi connectivity index (χ1n) is 37.2. The molecule has 0 radical (unpaired) electrons. The maximum Gasteiger partial charge on any atom is 0.480 e. The Bertz CT molecular complexity index is 5100. The summed E-state index contributed by atoms with van der Waals surface area (Å²) in [6.07, 6.45) is 6.79. The number of phosphoric acid groups is 1. The van der Waals surface area contributed by atoms with Crippen molar-refractivity contribution >= 4 is 58.3 Å². The highest BCUT2D eigenvalue weighted by Gasteiger charge is 2.40. The van der Waals surface area contributed by atoms with Gasteiger partial charge in [-0.2, -0.15) is 30.6 Å². The molecule has 0 unspecified atom stereocenters. The Labute approximate surface area is 640 Å². The molecule has 6 N–H and O–H groups in total. The minimum Gasteiger partial charge on any atom is -0.366 e. The van der Waals surface area contributed by atoms with Crippen LogP contribution in [0.3, 0.4) is 0 Å². The predicted molar refractivity (Wildman–Crippen MR) is 422 cm³/mol. The van der Waals surface area contributed by atoms with Crippen LogP contribution in [-0.4, -0.2) is 121 Å². The van der Waals surface area contributed by atoms with Crippen molar-refractivity contribution in [2.45, 2.75) is 221 Å². The largest absolute Gasteiger partial charge is 0.480 e. The van der Waals surface area contributed by atoms with E-state index in [2.05, 4.69) is 140 Å². The maximum atomic E-state index is 17.2. The number of hydrogen-bond donors (Lipinski definition) is 3. The molecule has 3 aromatic carbocycles. The Morgan fingerprint density at radius 2 is 0.627 bits per heavy atom. The molecule has 0 saturated heterocycles. The number of rotatable bonds is 24. The van der Waals surface area contributed by atoms with E-state index in [0.717, 1.165) is 33.8 Å². The fourth-order valence-electron chi connectivity index (χ4n) is 14.5. The second kappa shape index (κ2) is 28.5. The van der Waals surface area contributed by atoms with Gasteiger partial charge in [-0.3, -0.25) is 56.0 Å². The fourth-order valence-corrected chi connectivity index (χ4v) is 15.5. The van der Waals surface area contributed by atoms with E-state index in [4.69, 9.17) is 76.3 Å². The first-order valence-corrected chi connectivity index (χ1v) is 38.6. The van der Waals surface area contributed by atoms with Crippen LogP contribution in [0.15, 0.2) is 55.0 Å². The summed E-state index contributed by atoms with van der Waals surface area (Å²) in [5.74, 6) is -0.816. The summed E-state index contributed by atoms with van der Waals surface area (Å²) >= 11 is 0. The quantitative estimate of drug-likeness (QED) is 0.0473. The standard InChI is InChI=1S/C78H105N24O7P/c1-25-97-61(58(76(13,14)15)52(88-97)34-73(4,5)6)70-85-67(46-28-43(64(79)103)31-55-49(46)37-82-94(55)22)91-100(70)40-107-110(106,108-41-101-71(62-59(77(16,17)18)53(35-74(7,8)9)89-98(62)26-2)86-68(92-101)47-29-44(65(80)104)32-56-50(47)38-83-95(56)23)109-42-102-72(63-60(78(19,20)21)54(36-75(10,11)12)90-99(63)27-3)87-69(93-102)48-30-45(66(81)105)33-57-51(48)39-84-96(57)24/h28-33,37-39H,25-27,34-36,40-42H2,1-24H3,(H2,79,103)(H2,80,104)(H2,81,105). The zero-order chi connectivity index (χ0) is 80.4. The molecule has 9 heterocycles. The summed E-state index contributed by atoms with van der Waals surface area (Å²) in [5, 5.41) is 47.2. The zero-order valence-electron chi connectivity index (χ0n) is 68.0. The van der Waals surface area contributed by atoms with E-state index in [9.17, 15) is 14.4 Å². The monoisotopic (exact) mass is 1520 g/mol. The summed E-state index contributed by atoms with van der Waals surface area (Å²) in [4.78, 5) is 55.9. The van der Waals surface area contributed by atoms with Crippen LogP contribution in [0.4, 0.5) is 0 Å². The number of aryl methyl sites for hydroxylation is 6. The van der Waals surface area contributed by atoms with Gasteiger partial charge in [-0.05, 0) is 109 Å². The van der Waals surface area contributed by atoms with Gasteiger partial charge in [0.05, 0.1) is 52.2 Å². The number of phosphoric ester groups is 1. The van der Waals surface area contributed by atoms with Crippen molar-refractivity contribution < 1.29 is 32.5 Å². The Kier molecular flexibility index (Phi) is 20.5. The van der Waals surface area contributed by atoms with Gasteiger partial charge < -0.3 is 17.2 Å². The molecule has 12 aromatic rings. The SMILES string of the molecule is CCn1nc(CC(C)(C)C)c(C(C)(C)C)c1-c1nc(-c2cc(C(N)=O)cc3c2cnn3C)nn1COP(=O)(OCn1nc(-c2cc(C(N)=O)cc3c2cnn3C)nc1-c1c(C(C)(C)C)c(CC(C)(C)C)nn1CC)OCn1nc(-c2cc(C(N)=O)cc3c2cnn3C)nc1-c1c(C(C)(C)C)c(CC(C)(C)C)nn1CC. The van der Waals surface area contributed by atoms with E-state index >= 15 is 4.57 Å². The van der Waals surface area contributed by atoms with Gasteiger partial charge >= 0.3 is 7.82 Å². The number of nitrogens with zero attached hydrogens (tertiary/aromatic N) is 21. The van der Waals surface area contributed by atoms with Crippen LogP contribution in [0.25, 0.3) is 101 Å². The average molecular weight is 1520 g/mol. The molecule has 0 saturated carbocycles. The highest BCUT2D eigenvalue weighted by atomic mass is 31.2. The van der Waals surface area contributed by atoms with Crippen molar-refractivity contribution in [3.05, 3.63) is 105 Å².